The van der Waals surface area contributed by atoms with E-state index in [4.69, 9.17) is 14.2 Å². The first-order valence-corrected chi connectivity index (χ1v) is 12.2. The van der Waals surface area contributed by atoms with Crippen molar-refractivity contribution in [2.24, 2.45) is 5.92 Å². The van der Waals surface area contributed by atoms with E-state index in [0.717, 1.165) is 38.6 Å². The lowest BCUT2D eigenvalue weighted by molar-refractivity contribution is -0.119. The molecule has 1 aromatic carbocycles. The average Bonchev–Trinajstić information content (AvgIpc) is 3.61. The van der Waals surface area contributed by atoms with Crippen molar-refractivity contribution >= 4 is 18.0 Å². The van der Waals surface area contributed by atoms with Crippen molar-refractivity contribution in [2.75, 3.05) is 26.8 Å². The first-order valence-electron chi connectivity index (χ1n) is 12.2. The Labute approximate surface area is 212 Å². The molecular formula is C26H28F2N4O5. The van der Waals surface area contributed by atoms with Crippen LogP contribution in [0.1, 0.15) is 36.0 Å². The SMILES string of the molecule is COc1cc(-c2cnc3cc(OCC4CCCN(C=O)C4)ccn23)cc(OC(F)F)c1C(=O)NC1CC1. The number of carbonyl (C=O) groups excluding carboxylic acids is 2. The summed E-state index contributed by atoms with van der Waals surface area (Å²) in [5.41, 5.74) is 1.62. The summed E-state index contributed by atoms with van der Waals surface area (Å²) in [6.07, 6.45) is 7.91. The van der Waals surface area contributed by atoms with Gasteiger partial charge in [-0.25, -0.2) is 4.98 Å². The van der Waals surface area contributed by atoms with Crippen molar-refractivity contribution in [1.29, 1.82) is 0 Å². The van der Waals surface area contributed by atoms with Crippen molar-refractivity contribution in [3.8, 4) is 28.5 Å². The Morgan fingerprint density at radius 2 is 2.05 bits per heavy atom. The molecule has 196 valence electrons. The number of benzene rings is 1. The third kappa shape index (κ3) is 5.60. The van der Waals surface area contributed by atoms with Crippen LogP contribution in [-0.4, -0.2) is 66.1 Å². The van der Waals surface area contributed by atoms with Gasteiger partial charge in [-0.2, -0.15) is 8.78 Å². The number of hydrogen-bond acceptors (Lipinski definition) is 6. The fourth-order valence-corrected chi connectivity index (χ4v) is 4.61. The Bertz CT molecular complexity index is 1290. The minimum absolute atomic E-state index is 0.0357. The van der Waals surface area contributed by atoms with Crippen molar-refractivity contribution in [2.45, 2.75) is 38.3 Å². The van der Waals surface area contributed by atoms with Crippen LogP contribution in [0.3, 0.4) is 0 Å². The van der Waals surface area contributed by atoms with E-state index in [0.29, 0.717) is 35.8 Å². The number of fused-ring (bicyclic) bond motifs is 1. The summed E-state index contributed by atoms with van der Waals surface area (Å²) in [6, 6.07) is 6.62. The highest BCUT2D eigenvalue weighted by atomic mass is 19.3. The molecule has 1 saturated heterocycles. The molecule has 0 radical (unpaired) electrons. The van der Waals surface area contributed by atoms with Gasteiger partial charge in [-0.1, -0.05) is 0 Å². The smallest absolute Gasteiger partial charge is 0.387 e. The number of methoxy groups -OCH3 is 1. The van der Waals surface area contributed by atoms with Crippen LogP contribution in [0.25, 0.3) is 16.9 Å². The molecule has 1 atom stereocenters. The van der Waals surface area contributed by atoms with Gasteiger partial charge in [0.2, 0.25) is 6.41 Å². The summed E-state index contributed by atoms with van der Waals surface area (Å²) in [4.78, 5) is 30.0. The van der Waals surface area contributed by atoms with E-state index in [-0.39, 0.29) is 29.0 Å². The molecule has 3 heterocycles. The number of ether oxygens (including phenoxy) is 3. The van der Waals surface area contributed by atoms with Gasteiger partial charge >= 0.3 is 6.61 Å². The molecular weight excluding hydrogens is 486 g/mol. The van der Waals surface area contributed by atoms with Gasteiger partial charge in [0.1, 0.15) is 28.5 Å². The molecule has 11 heteroatoms. The van der Waals surface area contributed by atoms with Gasteiger partial charge < -0.3 is 24.4 Å². The van der Waals surface area contributed by atoms with Gasteiger partial charge in [0, 0.05) is 42.9 Å². The van der Waals surface area contributed by atoms with E-state index in [1.165, 1.54) is 13.2 Å². The maximum absolute atomic E-state index is 13.2. The minimum Gasteiger partial charge on any atom is -0.496 e. The number of nitrogens with one attached hydrogen (secondary N) is 1. The minimum atomic E-state index is -3.11. The molecule has 2 aromatic heterocycles. The standard InChI is InChI=1S/C26H28F2N4O5/c1-35-21-9-17(10-22(37-26(27)28)24(21)25(34)30-18-4-5-18)20-12-29-23-11-19(6-8-32(20)23)36-14-16-3-2-7-31(13-16)15-33/h6,8-12,15-16,18,26H,2-5,7,13-14H2,1H3,(H,30,34). The number of carbonyl (C=O) groups is 2. The molecule has 2 aliphatic rings. The van der Waals surface area contributed by atoms with Gasteiger partial charge in [-0.05, 0) is 43.9 Å². The second kappa shape index (κ2) is 10.6. The number of alkyl halides is 2. The molecule has 0 bridgehead atoms. The molecule has 1 N–H and O–H groups in total. The van der Waals surface area contributed by atoms with Crippen LogP contribution in [0.2, 0.25) is 0 Å². The Balaban J connectivity index is 1.40. The summed E-state index contributed by atoms with van der Waals surface area (Å²) in [5, 5.41) is 2.79. The van der Waals surface area contributed by atoms with Gasteiger partial charge in [0.05, 0.1) is 25.6 Å². The summed E-state index contributed by atoms with van der Waals surface area (Å²) in [6.45, 7) is -1.16. The number of aromatic nitrogens is 2. The summed E-state index contributed by atoms with van der Waals surface area (Å²) < 4.78 is 44.4. The number of rotatable bonds is 10. The molecule has 5 rings (SSSR count). The van der Waals surface area contributed by atoms with Gasteiger partial charge in [-0.3, -0.25) is 14.0 Å². The molecule has 0 spiro atoms. The number of halogens is 2. The van der Waals surface area contributed by atoms with E-state index < -0.39 is 12.5 Å². The normalized spacial score (nSPS) is 17.6. The molecule has 2 amide bonds. The predicted octanol–water partition coefficient (Wildman–Crippen LogP) is 3.75. The van der Waals surface area contributed by atoms with Crippen molar-refractivity contribution in [3.63, 3.8) is 0 Å². The topological polar surface area (TPSA) is 94.4 Å². The van der Waals surface area contributed by atoms with E-state index in [1.54, 1.807) is 39.9 Å². The van der Waals surface area contributed by atoms with E-state index in [2.05, 4.69) is 10.3 Å². The summed E-state index contributed by atoms with van der Waals surface area (Å²) in [7, 11) is 1.37. The van der Waals surface area contributed by atoms with E-state index >= 15 is 0 Å². The van der Waals surface area contributed by atoms with Crippen molar-refractivity contribution in [1.82, 2.24) is 19.6 Å². The first kappa shape index (κ1) is 24.8. The number of piperidine rings is 1. The number of hydrogen-bond donors (Lipinski definition) is 1. The van der Waals surface area contributed by atoms with Crippen LogP contribution < -0.4 is 19.5 Å². The Morgan fingerprint density at radius 3 is 2.78 bits per heavy atom. The van der Waals surface area contributed by atoms with Crippen molar-refractivity contribution in [3.05, 3.63) is 42.2 Å². The molecule has 1 unspecified atom stereocenters. The largest absolute Gasteiger partial charge is 0.496 e. The molecule has 37 heavy (non-hydrogen) atoms. The highest BCUT2D eigenvalue weighted by Crippen LogP contribution is 2.37. The van der Waals surface area contributed by atoms with Gasteiger partial charge in [0.15, 0.2) is 0 Å². The second-order valence-corrected chi connectivity index (χ2v) is 9.33. The van der Waals surface area contributed by atoms with Crippen LogP contribution in [0.15, 0.2) is 36.7 Å². The fraction of sp³-hybridized carbons (Fsp3) is 0.423. The van der Waals surface area contributed by atoms with Crippen LogP contribution in [0.5, 0.6) is 17.2 Å². The van der Waals surface area contributed by atoms with Crippen LogP contribution in [-0.2, 0) is 4.79 Å². The zero-order chi connectivity index (χ0) is 25.9. The van der Waals surface area contributed by atoms with Gasteiger partial charge in [0.25, 0.3) is 5.91 Å². The number of amides is 2. The zero-order valence-corrected chi connectivity index (χ0v) is 20.4. The maximum Gasteiger partial charge on any atom is 0.387 e. The monoisotopic (exact) mass is 514 g/mol. The number of imidazole rings is 1. The Kier molecular flexibility index (Phi) is 7.11. The van der Waals surface area contributed by atoms with Crippen LogP contribution >= 0.6 is 0 Å². The highest BCUT2D eigenvalue weighted by Gasteiger charge is 2.29. The third-order valence-corrected chi connectivity index (χ3v) is 6.61. The quantitative estimate of drug-likeness (QED) is 0.414. The van der Waals surface area contributed by atoms with E-state index in [1.807, 2.05) is 0 Å². The molecule has 1 aliphatic carbocycles. The van der Waals surface area contributed by atoms with Crippen LogP contribution in [0, 0.1) is 5.92 Å². The van der Waals surface area contributed by atoms with E-state index in [9.17, 15) is 18.4 Å². The fourth-order valence-electron chi connectivity index (χ4n) is 4.61. The first-order chi connectivity index (χ1) is 17.9. The predicted molar refractivity (Wildman–Crippen MR) is 130 cm³/mol. The van der Waals surface area contributed by atoms with Crippen LogP contribution in [0.4, 0.5) is 8.78 Å². The summed E-state index contributed by atoms with van der Waals surface area (Å²) >= 11 is 0. The number of pyridine rings is 1. The molecule has 9 nitrogen and oxygen atoms in total. The Morgan fingerprint density at radius 1 is 1.24 bits per heavy atom. The van der Waals surface area contributed by atoms with Crippen molar-refractivity contribution < 1.29 is 32.6 Å². The number of nitrogens with zero attached hydrogens (tertiary/aromatic N) is 3. The Hall–Kier alpha value is -3.89. The summed E-state index contributed by atoms with van der Waals surface area (Å²) in [5.74, 6) is 0.240. The molecule has 1 saturated carbocycles. The number of likely N-dealkylation sites (tertiary alicyclic amines) is 1. The third-order valence-electron chi connectivity index (χ3n) is 6.61. The lowest BCUT2D eigenvalue weighted by atomic mass is 9.99. The van der Waals surface area contributed by atoms with Gasteiger partial charge in [-0.15, -0.1) is 0 Å². The maximum atomic E-state index is 13.2. The molecule has 1 aliphatic heterocycles. The molecule has 3 aromatic rings. The lowest BCUT2D eigenvalue weighted by Crippen LogP contribution is -2.36. The zero-order valence-electron chi connectivity index (χ0n) is 20.4. The second-order valence-electron chi connectivity index (χ2n) is 9.33. The molecule has 2 fully saturated rings. The average molecular weight is 515 g/mol. The lowest BCUT2D eigenvalue weighted by Gasteiger charge is -2.29. The highest BCUT2D eigenvalue weighted by molar-refractivity contribution is 6.01.